The molecular weight excluding hydrogens is 345 g/mol. The van der Waals surface area contributed by atoms with Gasteiger partial charge in [-0.05, 0) is 32.6 Å². The molecule has 130 valence electrons. The van der Waals surface area contributed by atoms with Gasteiger partial charge in [-0.15, -0.1) is 0 Å². The van der Waals surface area contributed by atoms with Crippen molar-refractivity contribution in [1.82, 2.24) is 4.90 Å². The highest BCUT2D eigenvalue weighted by Gasteiger charge is 2.22. The van der Waals surface area contributed by atoms with Crippen molar-refractivity contribution in [2.45, 2.75) is 17.4 Å². The van der Waals surface area contributed by atoms with Gasteiger partial charge in [0, 0.05) is 22.1 Å². The van der Waals surface area contributed by atoms with Crippen molar-refractivity contribution < 1.29 is 22.6 Å². The summed E-state index contributed by atoms with van der Waals surface area (Å²) in [6.07, 6.45) is 0.157. The number of nitro groups is 1. The normalized spacial score (nSPS) is 13.1. The zero-order valence-electron chi connectivity index (χ0n) is 12.8. The summed E-state index contributed by atoms with van der Waals surface area (Å²) in [7, 11) is 1.85. The standard InChI is InChI=1S/C12H20N3O6PS/c1-14(2)6-5-9(8-20-22)21-12-4-3-10(23(13,18)19)7-11(12)15(16)17/h3-4,7,9H,5-6,8,22H2,1-2H3,(H2,13,18,19). The van der Waals surface area contributed by atoms with E-state index in [2.05, 4.69) is 9.47 Å². The van der Waals surface area contributed by atoms with Gasteiger partial charge in [-0.25, -0.2) is 13.6 Å². The summed E-state index contributed by atoms with van der Waals surface area (Å²) in [5.74, 6) is -0.0341. The molecule has 0 aliphatic carbocycles. The zero-order valence-corrected chi connectivity index (χ0v) is 14.8. The Bertz CT molecular complexity index is 652. The summed E-state index contributed by atoms with van der Waals surface area (Å²) >= 11 is 0. The SMILES string of the molecule is CN(C)CCC(COP)Oc1ccc(S(N)(=O)=O)cc1[N+](=O)[O-]. The Morgan fingerprint density at radius 2 is 2.09 bits per heavy atom. The topological polar surface area (TPSA) is 125 Å². The van der Waals surface area contributed by atoms with E-state index in [-0.39, 0.29) is 17.3 Å². The number of nitrogens with zero attached hydrogens (tertiary/aromatic N) is 2. The number of nitrogens with two attached hydrogens (primary N) is 1. The molecule has 11 heteroatoms. The predicted molar refractivity (Wildman–Crippen MR) is 87.7 cm³/mol. The minimum absolute atomic E-state index is 0.0341. The second kappa shape index (κ2) is 8.51. The molecule has 2 N–H and O–H groups in total. The number of ether oxygens (including phenoxy) is 1. The molecule has 0 fully saturated rings. The fourth-order valence-corrected chi connectivity index (χ4v) is 2.53. The maximum atomic E-state index is 11.3. The molecule has 0 saturated carbocycles. The van der Waals surface area contributed by atoms with E-state index in [0.717, 1.165) is 6.07 Å². The Labute approximate surface area is 137 Å². The average molecular weight is 365 g/mol. The highest BCUT2D eigenvalue weighted by atomic mass is 32.2. The first-order valence-electron chi connectivity index (χ1n) is 6.59. The van der Waals surface area contributed by atoms with Crippen LogP contribution in [0.25, 0.3) is 0 Å². The summed E-state index contributed by atoms with van der Waals surface area (Å²) < 4.78 is 33.2. The predicted octanol–water partition coefficient (Wildman–Crippen LogP) is 0.748. The Hall–Kier alpha value is -1.32. The third kappa shape index (κ3) is 6.36. The minimum Gasteiger partial charge on any atom is -0.481 e. The van der Waals surface area contributed by atoms with E-state index < -0.39 is 26.7 Å². The number of benzene rings is 1. The Morgan fingerprint density at radius 1 is 1.43 bits per heavy atom. The third-order valence-electron chi connectivity index (χ3n) is 2.93. The molecule has 0 aliphatic rings. The van der Waals surface area contributed by atoms with Gasteiger partial charge >= 0.3 is 5.69 Å². The van der Waals surface area contributed by atoms with E-state index in [4.69, 9.17) is 14.4 Å². The largest absolute Gasteiger partial charge is 0.481 e. The first-order chi connectivity index (χ1) is 10.6. The molecule has 2 atom stereocenters. The molecule has 1 aromatic rings. The van der Waals surface area contributed by atoms with Crippen molar-refractivity contribution in [3.63, 3.8) is 0 Å². The van der Waals surface area contributed by atoms with E-state index >= 15 is 0 Å². The summed E-state index contributed by atoms with van der Waals surface area (Å²) in [6, 6.07) is 3.28. The van der Waals surface area contributed by atoms with Crippen LogP contribution in [0.15, 0.2) is 23.1 Å². The third-order valence-corrected chi connectivity index (χ3v) is 4.03. The first kappa shape index (κ1) is 19.7. The first-order valence-corrected chi connectivity index (χ1v) is 8.61. The molecule has 0 spiro atoms. The van der Waals surface area contributed by atoms with Crippen LogP contribution < -0.4 is 9.88 Å². The van der Waals surface area contributed by atoms with E-state index in [1.165, 1.54) is 12.1 Å². The van der Waals surface area contributed by atoms with Crippen molar-refractivity contribution in [3.8, 4) is 5.75 Å². The fraction of sp³-hybridized carbons (Fsp3) is 0.500. The van der Waals surface area contributed by atoms with Crippen molar-refractivity contribution >= 4 is 25.2 Å². The van der Waals surface area contributed by atoms with Crippen LogP contribution in [-0.2, 0) is 14.5 Å². The van der Waals surface area contributed by atoms with Gasteiger partial charge in [-0.3, -0.25) is 10.1 Å². The molecule has 9 nitrogen and oxygen atoms in total. The van der Waals surface area contributed by atoms with Crippen LogP contribution in [0.5, 0.6) is 5.75 Å². The van der Waals surface area contributed by atoms with Gasteiger partial charge < -0.3 is 14.2 Å². The summed E-state index contributed by atoms with van der Waals surface area (Å²) in [4.78, 5) is 12.0. The molecule has 23 heavy (non-hydrogen) atoms. The molecule has 0 bridgehead atoms. The van der Waals surface area contributed by atoms with Crippen LogP contribution in [0.2, 0.25) is 0 Å². The Morgan fingerprint density at radius 3 is 2.57 bits per heavy atom. The highest BCUT2D eigenvalue weighted by Crippen LogP contribution is 2.30. The van der Waals surface area contributed by atoms with Crippen LogP contribution in [0.4, 0.5) is 5.69 Å². The summed E-state index contributed by atoms with van der Waals surface area (Å²) in [6.45, 7) is 0.911. The molecule has 0 radical (unpaired) electrons. The molecular formula is C12H20N3O6PS. The molecule has 0 aromatic heterocycles. The maximum absolute atomic E-state index is 11.3. The lowest BCUT2D eigenvalue weighted by atomic mass is 10.2. The molecule has 1 aromatic carbocycles. The molecule has 1 rings (SSSR count). The van der Waals surface area contributed by atoms with Crippen LogP contribution in [0.3, 0.4) is 0 Å². The van der Waals surface area contributed by atoms with Crippen molar-refractivity contribution in [2.75, 3.05) is 27.2 Å². The van der Waals surface area contributed by atoms with Crippen molar-refractivity contribution in [1.29, 1.82) is 0 Å². The smallest absolute Gasteiger partial charge is 0.312 e. The fourth-order valence-electron chi connectivity index (χ4n) is 1.78. The molecule has 0 amide bonds. The Balaban J connectivity index is 3.07. The number of rotatable bonds is 9. The van der Waals surface area contributed by atoms with Gasteiger partial charge in [0.2, 0.25) is 10.0 Å². The number of primary sulfonamides is 1. The molecule has 0 aliphatic heterocycles. The number of hydrogen-bond donors (Lipinski definition) is 1. The van der Waals surface area contributed by atoms with Crippen molar-refractivity contribution in [2.24, 2.45) is 5.14 Å². The Kier molecular flexibility index (Phi) is 7.30. The van der Waals surface area contributed by atoms with Crippen molar-refractivity contribution in [3.05, 3.63) is 28.3 Å². The summed E-state index contributed by atoms with van der Waals surface area (Å²) in [5, 5.41) is 16.1. The highest BCUT2D eigenvalue weighted by molar-refractivity contribution is 7.89. The molecule has 0 saturated heterocycles. The molecule has 2 unspecified atom stereocenters. The monoisotopic (exact) mass is 365 g/mol. The lowest BCUT2D eigenvalue weighted by Gasteiger charge is -2.20. The zero-order chi connectivity index (χ0) is 17.6. The summed E-state index contributed by atoms with van der Waals surface area (Å²) in [5.41, 5.74) is -0.463. The van der Waals surface area contributed by atoms with Gasteiger partial charge in [-0.2, -0.15) is 0 Å². The van der Waals surface area contributed by atoms with Gasteiger partial charge in [0.1, 0.15) is 6.10 Å². The number of sulfonamides is 1. The van der Waals surface area contributed by atoms with E-state index in [1.54, 1.807) is 0 Å². The van der Waals surface area contributed by atoms with Crippen LogP contribution in [-0.4, -0.2) is 51.6 Å². The second-order valence-corrected chi connectivity index (χ2v) is 6.99. The average Bonchev–Trinajstić information content (AvgIpc) is 2.43. The van der Waals surface area contributed by atoms with Gasteiger partial charge in [0.25, 0.3) is 0 Å². The second-order valence-electron chi connectivity index (χ2n) is 5.10. The van der Waals surface area contributed by atoms with E-state index in [1.807, 2.05) is 19.0 Å². The quantitative estimate of drug-likeness (QED) is 0.389. The van der Waals surface area contributed by atoms with Gasteiger partial charge in [-0.1, -0.05) is 0 Å². The lowest BCUT2D eigenvalue weighted by molar-refractivity contribution is -0.386. The minimum atomic E-state index is -4.03. The van der Waals surface area contributed by atoms with Gasteiger partial charge in [0.05, 0.1) is 16.4 Å². The molecule has 0 heterocycles. The van der Waals surface area contributed by atoms with E-state index in [0.29, 0.717) is 13.0 Å². The number of hydrogen-bond acceptors (Lipinski definition) is 7. The van der Waals surface area contributed by atoms with E-state index in [9.17, 15) is 18.5 Å². The van der Waals surface area contributed by atoms with Gasteiger partial charge in [0.15, 0.2) is 5.75 Å². The lowest BCUT2D eigenvalue weighted by Crippen LogP contribution is -2.27. The van der Waals surface area contributed by atoms with Crippen LogP contribution >= 0.6 is 9.47 Å². The van der Waals surface area contributed by atoms with Crippen LogP contribution in [0.1, 0.15) is 6.42 Å². The van der Waals surface area contributed by atoms with Crippen LogP contribution in [0, 0.1) is 10.1 Å². The number of nitro benzene ring substituents is 1. The maximum Gasteiger partial charge on any atom is 0.312 e.